The SMILES string of the molecule is CCN1CCN(c2ccc(NC(=O)Cc3csc(-c4ccc(F)cc4)n3)cc2C)CC1. The first kappa shape index (κ1) is 21.5. The van der Waals surface area contributed by atoms with Gasteiger partial charge in [-0.15, -0.1) is 11.3 Å². The minimum atomic E-state index is -0.274. The molecule has 0 unspecified atom stereocenters. The van der Waals surface area contributed by atoms with Crippen LogP contribution in [-0.2, 0) is 11.2 Å². The summed E-state index contributed by atoms with van der Waals surface area (Å²) in [5.74, 6) is -0.371. The van der Waals surface area contributed by atoms with Gasteiger partial charge in [0, 0.05) is 48.5 Å². The van der Waals surface area contributed by atoms with E-state index in [2.05, 4.69) is 40.0 Å². The summed E-state index contributed by atoms with van der Waals surface area (Å²) >= 11 is 1.46. The molecule has 1 fully saturated rings. The third-order valence-electron chi connectivity index (χ3n) is 5.63. The van der Waals surface area contributed by atoms with E-state index in [0.29, 0.717) is 5.69 Å². The number of aryl methyl sites for hydroxylation is 1. The molecule has 31 heavy (non-hydrogen) atoms. The largest absolute Gasteiger partial charge is 0.369 e. The fourth-order valence-electron chi connectivity index (χ4n) is 3.88. The van der Waals surface area contributed by atoms with Gasteiger partial charge >= 0.3 is 0 Å². The van der Waals surface area contributed by atoms with Crippen LogP contribution in [0.4, 0.5) is 15.8 Å². The van der Waals surface area contributed by atoms with Crippen molar-refractivity contribution in [2.75, 3.05) is 42.9 Å². The van der Waals surface area contributed by atoms with Gasteiger partial charge in [0.1, 0.15) is 10.8 Å². The van der Waals surface area contributed by atoms with Crippen LogP contribution in [0.25, 0.3) is 10.6 Å². The van der Waals surface area contributed by atoms with Gasteiger partial charge in [-0.2, -0.15) is 0 Å². The van der Waals surface area contributed by atoms with Crippen molar-refractivity contribution in [3.05, 3.63) is 64.9 Å². The Hall–Kier alpha value is -2.77. The van der Waals surface area contributed by atoms with E-state index in [9.17, 15) is 9.18 Å². The van der Waals surface area contributed by atoms with Gasteiger partial charge in [0.15, 0.2) is 0 Å². The number of hydrogen-bond acceptors (Lipinski definition) is 5. The average molecular weight is 439 g/mol. The van der Waals surface area contributed by atoms with Crippen LogP contribution in [0.15, 0.2) is 47.8 Å². The number of nitrogens with zero attached hydrogens (tertiary/aromatic N) is 3. The molecule has 0 spiro atoms. The number of thiazole rings is 1. The fraction of sp³-hybridized carbons (Fsp3) is 0.333. The zero-order valence-corrected chi connectivity index (χ0v) is 18.7. The molecule has 0 bridgehead atoms. The molecule has 0 radical (unpaired) electrons. The van der Waals surface area contributed by atoms with E-state index in [1.54, 1.807) is 12.1 Å². The van der Waals surface area contributed by atoms with Crippen LogP contribution in [0.3, 0.4) is 0 Å². The molecule has 1 N–H and O–H groups in total. The van der Waals surface area contributed by atoms with Crippen molar-refractivity contribution in [1.29, 1.82) is 0 Å². The quantitative estimate of drug-likeness (QED) is 0.612. The van der Waals surface area contributed by atoms with E-state index in [4.69, 9.17) is 0 Å². The summed E-state index contributed by atoms with van der Waals surface area (Å²) in [5.41, 5.74) is 4.76. The highest BCUT2D eigenvalue weighted by molar-refractivity contribution is 7.13. The predicted octanol–water partition coefficient (Wildman–Crippen LogP) is 4.58. The lowest BCUT2D eigenvalue weighted by Crippen LogP contribution is -2.46. The lowest BCUT2D eigenvalue weighted by molar-refractivity contribution is -0.115. The lowest BCUT2D eigenvalue weighted by atomic mass is 10.1. The van der Waals surface area contributed by atoms with Crippen LogP contribution >= 0.6 is 11.3 Å². The highest BCUT2D eigenvalue weighted by Gasteiger charge is 2.17. The van der Waals surface area contributed by atoms with E-state index < -0.39 is 0 Å². The Morgan fingerprint density at radius 3 is 2.55 bits per heavy atom. The molecule has 3 aromatic rings. The van der Waals surface area contributed by atoms with Crippen molar-refractivity contribution >= 4 is 28.6 Å². The number of halogens is 1. The molecular formula is C24H27FN4OS. The molecule has 1 saturated heterocycles. The molecule has 1 amide bonds. The zero-order chi connectivity index (χ0) is 21.8. The maximum absolute atomic E-state index is 13.1. The van der Waals surface area contributed by atoms with E-state index >= 15 is 0 Å². The van der Waals surface area contributed by atoms with Crippen LogP contribution < -0.4 is 10.2 Å². The Bertz CT molecular complexity index is 1040. The second-order valence-electron chi connectivity index (χ2n) is 7.80. The lowest BCUT2D eigenvalue weighted by Gasteiger charge is -2.36. The molecule has 7 heteroatoms. The summed E-state index contributed by atoms with van der Waals surface area (Å²) in [6, 6.07) is 12.3. The van der Waals surface area contributed by atoms with Gasteiger partial charge in [0.05, 0.1) is 12.1 Å². The number of anilines is 2. The van der Waals surface area contributed by atoms with Crippen LogP contribution in [-0.4, -0.2) is 48.5 Å². The third-order valence-corrected chi connectivity index (χ3v) is 6.57. The number of hydrogen-bond donors (Lipinski definition) is 1. The van der Waals surface area contributed by atoms with Crippen molar-refractivity contribution in [2.45, 2.75) is 20.3 Å². The van der Waals surface area contributed by atoms with Gasteiger partial charge in [-0.3, -0.25) is 4.79 Å². The molecular weight excluding hydrogens is 411 g/mol. The Kier molecular flexibility index (Phi) is 6.63. The van der Waals surface area contributed by atoms with E-state index in [1.165, 1.54) is 29.2 Å². The standard InChI is InChI=1S/C24H27FN4OS/c1-3-28-10-12-29(13-11-28)22-9-8-20(14-17(22)2)26-23(30)15-21-16-31-24(27-21)18-4-6-19(25)7-5-18/h4-9,14,16H,3,10-13,15H2,1-2H3,(H,26,30). The first-order valence-corrected chi connectivity index (χ1v) is 11.5. The first-order chi connectivity index (χ1) is 15.0. The summed E-state index contributed by atoms with van der Waals surface area (Å²) in [5, 5.41) is 5.64. The molecule has 1 aliphatic rings. The van der Waals surface area contributed by atoms with Crippen molar-refractivity contribution in [3.8, 4) is 10.6 Å². The molecule has 0 atom stereocenters. The summed E-state index contributed by atoms with van der Waals surface area (Å²) in [7, 11) is 0. The number of rotatable bonds is 6. The van der Waals surface area contributed by atoms with Gasteiger partial charge in [-0.05, 0) is 61.5 Å². The number of likely N-dealkylation sites (N-methyl/N-ethyl adjacent to an activating group) is 1. The minimum absolute atomic E-state index is 0.0975. The van der Waals surface area contributed by atoms with E-state index in [-0.39, 0.29) is 18.1 Å². The Morgan fingerprint density at radius 1 is 1.13 bits per heavy atom. The van der Waals surface area contributed by atoms with Gasteiger partial charge in [0.2, 0.25) is 5.91 Å². The molecule has 5 nitrogen and oxygen atoms in total. The topological polar surface area (TPSA) is 48.5 Å². The molecule has 1 aliphatic heterocycles. The summed E-state index contributed by atoms with van der Waals surface area (Å²) < 4.78 is 13.1. The summed E-state index contributed by atoms with van der Waals surface area (Å²) in [4.78, 5) is 21.9. The molecule has 0 aliphatic carbocycles. The highest BCUT2D eigenvalue weighted by atomic mass is 32.1. The van der Waals surface area contributed by atoms with Crippen molar-refractivity contribution in [2.24, 2.45) is 0 Å². The number of piperazine rings is 1. The average Bonchev–Trinajstić information content (AvgIpc) is 3.23. The number of amides is 1. The predicted molar refractivity (Wildman–Crippen MR) is 125 cm³/mol. The maximum Gasteiger partial charge on any atom is 0.230 e. The molecule has 2 heterocycles. The second kappa shape index (κ2) is 9.58. The van der Waals surface area contributed by atoms with Gasteiger partial charge in [0.25, 0.3) is 0 Å². The minimum Gasteiger partial charge on any atom is -0.369 e. The third kappa shape index (κ3) is 5.29. The van der Waals surface area contributed by atoms with Crippen molar-refractivity contribution in [3.63, 3.8) is 0 Å². The molecule has 2 aromatic carbocycles. The Morgan fingerprint density at radius 2 is 1.87 bits per heavy atom. The monoisotopic (exact) mass is 438 g/mol. The normalized spacial score (nSPS) is 14.6. The Balaban J connectivity index is 1.36. The van der Waals surface area contributed by atoms with E-state index in [0.717, 1.165) is 54.5 Å². The molecule has 1 aromatic heterocycles. The number of carbonyl (C=O) groups is 1. The fourth-order valence-corrected chi connectivity index (χ4v) is 4.70. The summed E-state index contributed by atoms with van der Waals surface area (Å²) in [6.45, 7) is 9.62. The van der Waals surface area contributed by atoms with Crippen LogP contribution in [0.5, 0.6) is 0 Å². The molecule has 4 rings (SSSR count). The molecule has 0 saturated carbocycles. The van der Waals surface area contributed by atoms with Crippen molar-refractivity contribution in [1.82, 2.24) is 9.88 Å². The van der Waals surface area contributed by atoms with E-state index in [1.807, 2.05) is 17.5 Å². The highest BCUT2D eigenvalue weighted by Crippen LogP contribution is 2.26. The smallest absolute Gasteiger partial charge is 0.230 e. The van der Waals surface area contributed by atoms with Crippen molar-refractivity contribution < 1.29 is 9.18 Å². The van der Waals surface area contributed by atoms with Gasteiger partial charge in [-0.25, -0.2) is 9.37 Å². The second-order valence-corrected chi connectivity index (χ2v) is 8.66. The van der Waals surface area contributed by atoms with Crippen LogP contribution in [0.2, 0.25) is 0 Å². The van der Waals surface area contributed by atoms with Crippen LogP contribution in [0.1, 0.15) is 18.2 Å². The number of nitrogens with one attached hydrogen (secondary N) is 1. The maximum atomic E-state index is 13.1. The summed E-state index contributed by atoms with van der Waals surface area (Å²) in [6.07, 6.45) is 0.206. The zero-order valence-electron chi connectivity index (χ0n) is 17.9. The van der Waals surface area contributed by atoms with Gasteiger partial charge < -0.3 is 15.1 Å². The van der Waals surface area contributed by atoms with Gasteiger partial charge in [-0.1, -0.05) is 6.92 Å². The first-order valence-electron chi connectivity index (χ1n) is 10.6. The molecule has 162 valence electrons. The number of aromatic nitrogens is 1. The number of benzene rings is 2. The number of carbonyl (C=O) groups excluding carboxylic acids is 1. The Labute approximate surface area is 186 Å². The van der Waals surface area contributed by atoms with Crippen LogP contribution in [0, 0.1) is 12.7 Å².